The van der Waals surface area contributed by atoms with Gasteiger partial charge >= 0.3 is 0 Å². The van der Waals surface area contributed by atoms with Gasteiger partial charge in [-0.3, -0.25) is 4.79 Å². The predicted octanol–water partition coefficient (Wildman–Crippen LogP) is 3.58. The number of fused-ring (bicyclic) bond motifs is 1. The lowest BCUT2D eigenvalue weighted by Gasteiger charge is -2.47. The van der Waals surface area contributed by atoms with Crippen molar-refractivity contribution in [3.63, 3.8) is 0 Å². The van der Waals surface area contributed by atoms with Crippen LogP contribution in [0.25, 0.3) is 0 Å². The van der Waals surface area contributed by atoms with Gasteiger partial charge in [-0.1, -0.05) is 6.92 Å². The minimum atomic E-state index is -0.154. The van der Waals surface area contributed by atoms with Gasteiger partial charge in [0.25, 0.3) is 0 Å². The summed E-state index contributed by atoms with van der Waals surface area (Å²) in [6.07, 6.45) is 2.87. The topological polar surface area (TPSA) is 44.7 Å². The molecule has 4 nitrogen and oxygen atoms in total. The summed E-state index contributed by atoms with van der Waals surface area (Å²) in [6.45, 7) is 13.7. The number of hydrogen-bond donors (Lipinski definition) is 1. The number of rotatable bonds is 3. The van der Waals surface area contributed by atoms with E-state index in [1.54, 1.807) is 6.21 Å². The molecule has 0 aromatic heterocycles. The number of anilines is 1. The van der Waals surface area contributed by atoms with Crippen LogP contribution >= 0.6 is 0 Å². The van der Waals surface area contributed by atoms with Crippen molar-refractivity contribution in [3.8, 4) is 0 Å². The van der Waals surface area contributed by atoms with Gasteiger partial charge in [-0.25, -0.2) is 5.43 Å². The maximum atomic E-state index is 10.9. The normalized spacial score (nSPS) is 20.1. The molecule has 0 aliphatic carbocycles. The molecule has 0 saturated heterocycles. The van der Waals surface area contributed by atoms with Gasteiger partial charge in [-0.2, -0.15) is 5.10 Å². The van der Waals surface area contributed by atoms with Crippen molar-refractivity contribution in [2.75, 3.05) is 11.4 Å². The van der Waals surface area contributed by atoms with Gasteiger partial charge < -0.3 is 4.90 Å². The lowest BCUT2D eigenvalue weighted by Crippen LogP contribution is -2.48. The van der Waals surface area contributed by atoms with Gasteiger partial charge in [0.15, 0.2) is 0 Å². The Balaban J connectivity index is 2.44. The van der Waals surface area contributed by atoms with Crippen LogP contribution in [-0.2, 0) is 4.79 Å². The highest BCUT2D eigenvalue weighted by Gasteiger charge is 2.35. The maximum absolute atomic E-state index is 10.9. The van der Waals surface area contributed by atoms with Crippen molar-refractivity contribution >= 4 is 17.8 Å². The molecule has 1 aliphatic heterocycles. The van der Waals surface area contributed by atoms with Crippen LogP contribution in [0, 0.1) is 6.92 Å². The average molecular weight is 301 g/mol. The number of carbonyl (C=O) groups is 1. The average Bonchev–Trinajstić information content (AvgIpc) is 2.39. The molecule has 2 rings (SSSR count). The van der Waals surface area contributed by atoms with Crippen LogP contribution in [0.2, 0.25) is 0 Å². The molecular formula is C18H27N3O. The van der Waals surface area contributed by atoms with E-state index in [1.165, 1.54) is 23.7 Å². The first-order valence-electron chi connectivity index (χ1n) is 7.98. The number of nitrogens with zero attached hydrogens (tertiary/aromatic N) is 2. The molecule has 1 N–H and O–H groups in total. The molecule has 0 spiro atoms. The monoisotopic (exact) mass is 301 g/mol. The van der Waals surface area contributed by atoms with Crippen LogP contribution in [0.5, 0.6) is 0 Å². The Morgan fingerprint density at radius 2 is 2.18 bits per heavy atom. The predicted molar refractivity (Wildman–Crippen MR) is 92.7 cm³/mol. The Hall–Kier alpha value is -1.84. The molecule has 1 aliphatic rings. The molecule has 1 atom stereocenters. The summed E-state index contributed by atoms with van der Waals surface area (Å²) in [5, 5.41) is 4.01. The molecule has 22 heavy (non-hydrogen) atoms. The highest BCUT2D eigenvalue weighted by atomic mass is 16.2. The Bertz CT molecular complexity index is 605. The first-order chi connectivity index (χ1) is 10.3. The van der Waals surface area contributed by atoms with Crippen molar-refractivity contribution in [3.05, 3.63) is 28.8 Å². The fourth-order valence-corrected chi connectivity index (χ4v) is 3.58. The largest absolute Gasteiger partial charge is 0.366 e. The zero-order valence-corrected chi connectivity index (χ0v) is 14.5. The highest BCUT2D eigenvalue weighted by molar-refractivity contribution is 5.85. The maximum Gasteiger partial charge on any atom is 0.236 e. The Kier molecular flexibility index (Phi) is 4.59. The summed E-state index contributed by atoms with van der Waals surface area (Å²) in [4.78, 5) is 13.4. The van der Waals surface area contributed by atoms with Crippen molar-refractivity contribution < 1.29 is 4.79 Å². The molecule has 0 saturated carbocycles. The van der Waals surface area contributed by atoms with Crippen LogP contribution in [0.3, 0.4) is 0 Å². The Morgan fingerprint density at radius 3 is 2.77 bits per heavy atom. The summed E-state index contributed by atoms with van der Waals surface area (Å²) in [7, 11) is 0. The fourth-order valence-electron chi connectivity index (χ4n) is 3.58. The molecule has 1 aromatic rings. The molecule has 1 aromatic carbocycles. The van der Waals surface area contributed by atoms with Gasteiger partial charge in [0.05, 0.1) is 6.21 Å². The standard InChI is InChI=1S/C18H27N3O/c1-7-21-17-8-12(2)15(11-19-20-14(4)22)9-16(17)13(3)10-18(21,5)6/h8-9,11,13H,7,10H2,1-6H3,(H,20,22)/b19-11-. The van der Waals surface area contributed by atoms with E-state index < -0.39 is 0 Å². The molecule has 4 heteroatoms. The number of hydrogen-bond acceptors (Lipinski definition) is 3. The van der Waals surface area contributed by atoms with Gasteiger partial charge in [0.1, 0.15) is 0 Å². The lowest BCUT2D eigenvalue weighted by atomic mass is 9.79. The molecule has 120 valence electrons. The van der Waals surface area contributed by atoms with Gasteiger partial charge in [0, 0.05) is 24.7 Å². The number of aryl methyl sites for hydroxylation is 1. The molecular weight excluding hydrogens is 274 g/mol. The molecule has 0 radical (unpaired) electrons. The molecule has 1 heterocycles. The van der Waals surface area contributed by atoms with Crippen LogP contribution in [0.1, 0.15) is 63.6 Å². The summed E-state index contributed by atoms with van der Waals surface area (Å²) in [5.74, 6) is 0.362. The molecule has 1 unspecified atom stereocenters. The zero-order chi connectivity index (χ0) is 16.5. The second-order valence-electron chi connectivity index (χ2n) is 6.86. The molecule has 0 bridgehead atoms. The van der Waals surface area contributed by atoms with Crippen molar-refractivity contribution in [1.29, 1.82) is 0 Å². The van der Waals surface area contributed by atoms with Crippen molar-refractivity contribution in [1.82, 2.24) is 5.43 Å². The smallest absolute Gasteiger partial charge is 0.236 e. The second-order valence-corrected chi connectivity index (χ2v) is 6.86. The summed E-state index contributed by atoms with van der Waals surface area (Å²) < 4.78 is 0. The molecule has 1 amide bonds. The third-order valence-electron chi connectivity index (χ3n) is 4.52. The zero-order valence-electron chi connectivity index (χ0n) is 14.5. The van der Waals surface area contributed by atoms with E-state index in [4.69, 9.17) is 0 Å². The first-order valence-corrected chi connectivity index (χ1v) is 7.98. The van der Waals surface area contributed by atoms with E-state index in [0.29, 0.717) is 5.92 Å². The van der Waals surface area contributed by atoms with E-state index in [1.807, 2.05) is 0 Å². The number of carbonyl (C=O) groups excluding carboxylic acids is 1. The number of nitrogens with one attached hydrogen (secondary N) is 1. The van der Waals surface area contributed by atoms with Gasteiger partial charge in [-0.05, 0) is 68.9 Å². The number of hydrazone groups is 1. The minimum absolute atomic E-state index is 0.154. The van der Waals surface area contributed by atoms with E-state index >= 15 is 0 Å². The van der Waals surface area contributed by atoms with Crippen LogP contribution in [0.4, 0.5) is 5.69 Å². The Morgan fingerprint density at radius 1 is 1.50 bits per heavy atom. The summed E-state index contributed by atoms with van der Waals surface area (Å²) in [6, 6.07) is 4.48. The van der Waals surface area contributed by atoms with E-state index in [0.717, 1.165) is 18.5 Å². The van der Waals surface area contributed by atoms with Crippen LogP contribution in [0.15, 0.2) is 17.2 Å². The SMILES string of the molecule is CCN1c2cc(C)c(/C=N\NC(C)=O)cc2C(C)CC1(C)C. The van der Waals surface area contributed by atoms with E-state index in [-0.39, 0.29) is 11.4 Å². The Labute approximate surface area is 133 Å². The highest BCUT2D eigenvalue weighted by Crippen LogP contribution is 2.43. The fraction of sp³-hybridized carbons (Fsp3) is 0.556. The van der Waals surface area contributed by atoms with E-state index in [9.17, 15) is 4.79 Å². The third-order valence-corrected chi connectivity index (χ3v) is 4.52. The van der Waals surface area contributed by atoms with Crippen molar-refractivity contribution in [2.45, 2.75) is 59.4 Å². The lowest BCUT2D eigenvalue weighted by molar-refractivity contribution is -0.118. The second kappa shape index (κ2) is 6.11. The van der Waals surface area contributed by atoms with Gasteiger partial charge in [0.2, 0.25) is 5.91 Å². The van der Waals surface area contributed by atoms with Gasteiger partial charge in [-0.15, -0.1) is 0 Å². The van der Waals surface area contributed by atoms with Crippen LogP contribution < -0.4 is 10.3 Å². The minimum Gasteiger partial charge on any atom is -0.366 e. The van der Waals surface area contributed by atoms with Crippen molar-refractivity contribution in [2.24, 2.45) is 5.10 Å². The summed E-state index contributed by atoms with van der Waals surface area (Å²) in [5.41, 5.74) is 7.59. The number of benzene rings is 1. The quantitative estimate of drug-likeness (QED) is 0.685. The van der Waals surface area contributed by atoms with Crippen LogP contribution in [-0.4, -0.2) is 24.2 Å². The third kappa shape index (κ3) is 3.16. The van der Waals surface area contributed by atoms with E-state index in [2.05, 4.69) is 62.2 Å². The molecule has 0 fully saturated rings. The number of amides is 1. The summed E-state index contributed by atoms with van der Waals surface area (Å²) >= 11 is 0. The first kappa shape index (κ1) is 16.5.